The fraction of sp³-hybridized carbons (Fsp3) is 0.812. The summed E-state index contributed by atoms with van der Waals surface area (Å²) in [6, 6.07) is -0.186. The van der Waals surface area contributed by atoms with Crippen LogP contribution < -0.4 is 0 Å². The number of hydrogen-bond acceptors (Lipinski definition) is 3. The number of carbonyl (C=O) groups excluding carboxylic acids is 2. The third-order valence-electron chi connectivity index (χ3n) is 5.61. The first kappa shape index (κ1) is 14.5. The van der Waals surface area contributed by atoms with E-state index in [-0.39, 0.29) is 17.9 Å². The maximum Gasteiger partial charge on any atom is 0.306 e. The molecular weight excluding hydrogens is 270 g/mol. The third-order valence-corrected chi connectivity index (χ3v) is 5.61. The highest BCUT2D eigenvalue weighted by atomic mass is 16.4. The topological polar surface area (TPSA) is 74.7 Å². The summed E-state index contributed by atoms with van der Waals surface area (Å²) in [6.45, 7) is 0. The van der Waals surface area contributed by atoms with Crippen LogP contribution in [-0.4, -0.2) is 33.8 Å². The van der Waals surface area contributed by atoms with Crippen molar-refractivity contribution in [3.63, 3.8) is 0 Å². The van der Waals surface area contributed by atoms with Crippen LogP contribution in [0.15, 0.2) is 0 Å². The summed E-state index contributed by atoms with van der Waals surface area (Å²) in [5.41, 5.74) is -0.463. The van der Waals surface area contributed by atoms with Crippen molar-refractivity contribution >= 4 is 17.8 Å². The number of carboxylic acids is 1. The fourth-order valence-corrected chi connectivity index (χ4v) is 4.40. The number of carboxylic acid groups (broad SMARTS) is 1. The minimum Gasteiger partial charge on any atom is -0.481 e. The monoisotopic (exact) mass is 293 g/mol. The standard InChI is InChI=1S/C16H23NO4/c18-13-10-16(7-3-1-2-4-8-16)15(21)17(13)12-6-5-11(9-12)14(19)20/h11-12H,1-10H2,(H,19,20)/t11-,12+/m1/s1. The molecule has 5 heteroatoms. The molecule has 0 aromatic heterocycles. The van der Waals surface area contributed by atoms with Crippen molar-refractivity contribution in [3.05, 3.63) is 0 Å². The summed E-state index contributed by atoms with van der Waals surface area (Å²) in [5, 5.41) is 9.10. The molecule has 116 valence electrons. The zero-order valence-electron chi connectivity index (χ0n) is 12.3. The summed E-state index contributed by atoms with van der Waals surface area (Å²) in [6.07, 6.45) is 7.98. The molecule has 5 nitrogen and oxygen atoms in total. The van der Waals surface area contributed by atoms with E-state index in [0.29, 0.717) is 25.7 Å². The number of carbonyl (C=O) groups is 3. The van der Waals surface area contributed by atoms with Gasteiger partial charge in [0.25, 0.3) is 0 Å². The second kappa shape index (κ2) is 5.43. The smallest absolute Gasteiger partial charge is 0.306 e. The van der Waals surface area contributed by atoms with Crippen molar-refractivity contribution in [2.75, 3.05) is 0 Å². The number of nitrogens with zero attached hydrogens (tertiary/aromatic N) is 1. The second-order valence-electron chi connectivity index (χ2n) is 6.94. The molecule has 0 bridgehead atoms. The van der Waals surface area contributed by atoms with E-state index in [1.54, 1.807) is 0 Å². The van der Waals surface area contributed by atoms with Gasteiger partial charge in [-0.15, -0.1) is 0 Å². The zero-order chi connectivity index (χ0) is 15.0. The maximum atomic E-state index is 12.9. The van der Waals surface area contributed by atoms with Crippen LogP contribution in [0.1, 0.15) is 64.2 Å². The lowest BCUT2D eigenvalue weighted by molar-refractivity contribution is -0.146. The Balaban J connectivity index is 1.76. The summed E-state index contributed by atoms with van der Waals surface area (Å²) >= 11 is 0. The van der Waals surface area contributed by atoms with Crippen molar-refractivity contribution < 1.29 is 19.5 Å². The van der Waals surface area contributed by atoms with E-state index in [0.717, 1.165) is 38.5 Å². The molecule has 3 aliphatic rings. The van der Waals surface area contributed by atoms with E-state index in [1.807, 2.05) is 0 Å². The Bertz CT molecular complexity index is 465. The SMILES string of the molecule is O=C(O)[C@@H]1CC[C@H](N2C(=O)CC3(CCCCCC3)C2=O)C1. The summed E-state index contributed by atoms with van der Waals surface area (Å²) in [4.78, 5) is 37.8. The molecule has 1 aliphatic heterocycles. The number of rotatable bonds is 2. The lowest BCUT2D eigenvalue weighted by Crippen LogP contribution is -2.41. The highest BCUT2D eigenvalue weighted by Gasteiger charge is 2.53. The summed E-state index contributed by atoms with van der Waals surface area (Å²) in [5.74, 6) is -1.29. The molecule has 1 spiro atoms. The Morgan fingerprint density at radius 2 is 1.76 bits per heavy atom. The Kier molecular flexibility index (Phi) is 3.76. The van der Waals surface area contributed by atoms with Crippen LogP contribution in [0, 0.1) is 11.3 Å². The van der Waals surface area contributed by atoms with Crippen molar-refractivity contribution in [1.82, 2.24) is 4.90 Å². The fourth-order valence-electron chi connectivity index (χ4n) is 4.40. The van der Waals surface area contributed by atoms with Gasteiger partial charge in [0.1, 0.15) is 0 Å². The van der Waals surface area contributed by atoms with Gasteiger partial charge in [0.15, 0.2) is 0 Å². The number of hydrogen-bond donors (Lipinski definition) is 1. The van der Waals surface area contributed by atoms with Crippen molar-refractivity contribution in [3.8, 4) is 0 Å². The molecule has 2 amide bonds. The summed E-state index contributed by atoms with van der Waals surface area (Å²) in [7, 11) is 0. The van der Waals surface area contributed by atoms with Crippen LogP contribution in [0.2, 0.25) is 0 Å². The predicted molar refractivity (Wildman–Crippen MR) is 75.4 cm³/mol. The van der Waals surface area contributed by atoms with E-state index < -0.39 is 17.3 Å². The van der Waals surface area contributed by atoms with Gasteiger partial charge in [0.05, 0.1) is 11.3 Å². The Labute approximate surface area is 124 Å². The molecule has 1 N–H and O–H groups in total. The number of likely N-dealkylation sites (tertiary alicyclic amines) is 1. The van der Waals surface area contributed by atoms with Crippen LogP contribution >= 0.6 is 0 Å². The Morgan fingerprint density at radius 3 is 2.33 bits per heavy atom. The molecule has 1 heterocycles. The third kappa shape index (κ3) is 2.47. The second-order valence-corrected chi connectivity index (χ2v) is 6.94. The molecule has 2 saturated carbocycles. The van der Waals surface area contributed by atoms with Crippen LogP contribution in [0.25, 0.3) is 0 Å². The first-order valence-corrected chi connectivity index (χ1v) is 8.13. The zero-order valence-corrected chi connectivity index (χ0v) is 12.3. The molecule has 3 fully saturated rings. The normalized spacial score (nSPS) is 32.7. The van der Waals surface area contributed by atoms with E-state index in [1.165, 1.54) is 4.90 Å². The molecular formula is C16H23NO4. The van der Waals surface area contributed by atoms with Crippen LogP contribution in [0.4, 0.5) is 0 Å². The van der Waals surface area contributed by atoms with Crippen molar-refractivity contribution in [2.45, 2.75) is 70.3 Å². The highest BCUT2D eigenvalue weighted by Crippen LogP contribution is 2.46. The first-order valence-electron chi connectivity index (χ1n) is 8.13. The minimum absolute atomic E-state index is 0.00885. The van der Waals surface area contributed by atoms with Gasteiger partial charge >= 0.3 is 5.97 Å². The van der Waals surface area contributed by atoms with Crippen LogP contribution in [0.5, 0.6) is 0 Å². The van der Waals surface area contributed by atoms with Gasteiger partial charge in [-0.05, 0) is 32.1 Å². The first-order chi connectivity index (χ1) is 10.0. The predicted octanol–water partition coefficient (Wildman–Crippen LogP) is 2.34. The molecule has 1 saturated heterocycles. The molecule has 0 radical (unpaired) electrons. The molecule has 21 heavy (non-hydrogen) atoms. The van der Waals surface area contributed by atoms with E-state index in [2.05, 4.69) is 0 Å². The number of amides is 2. The van der Waals surface area contributed by atoms with E-state index >= 15 is 0 Å². The van der Waals surface area contributed by atoms with Crippen molar-refractivity contribution in [2.24, 2.45) is 11.3 Å². The highest BCUT2D eigenvalue weighted by molar-refractivity contribution is 6.06. The lowest BCUT2D eigenvalue weighted by atomic mass is 9.79. The minimum atomic E-state index is -0.805. The average Bonchev–Trinajstić information content (AvgIpc) is 2.90. The molecule has 0 unspecified atom stereocenters. The Hall–Kier alpha value is -1.39. The largest absolute Gasteiger partial charge is 0.481 e. The van der Waals surface area contributed by atoms with E-state index in [4.69, 9.17) is 5.11 Å². The summed E-state index contributed by atoms with van der Waals surface area (Å²) < 4.78 is 0. The van der Waals surface area contributed by atoms with Gasteiger partial charge in [-0.25, -0.2) is 0 Å². The average molecular weight is 293 g/mol. The van der Waals surface area contributed by atoms with Crippen LogP contribution in [-0.2, 0) is 14.4 Å². The Morgan fingerprint density at radius 1 is 1.10 bits per heavy atom. The van der Waals surface area contributed by atoms with Gasteiger partial charge in [-0.3, -0.25) is 19.3 Å². The number of imide groups is 1. The van der Waals surface area contributed by atoms with Gasteiger partial charge < -0.3 is 5.11 Å². The molecule has 3 rings (SSSR count). The maximum absolute atomic E-state index is 12.9. The van der Waals surface area contributed by atoms with Gasteiger partial charge in [0.2, 0.25) is 11.8 Å². The lowest BCUT2D eigenvalue weighted by Gasteiger charge is -2.27. The van der Waals surface area contributed by atoms with Crippen molar-refractivity contribution in [1.29, 1.82) is 0 Å². The molecule has 0 aromatic carbocycles. The molecule has 0 aromatic rings. The van der Waals surface area contributed by atoms with E-state index in [9.17, 15) is 14.4 Å². The number of aliphatic carboxylic acids is 1. The van der Waals surface area contributed by atoms with Gasteiger partial charge in [-0.1, -0.05) is 25.7 Å². The van der Waals surface area contributed by atoms with Gasteiger partial charge in [-0.2, -0.15) is 0 Å². The molecule has 2 atom stereocenters. The van der Waals surface area contributed by atoms with Crippen LogP contribution in [0.3, 0.4) is 0 Å². The quantitative estimate of drug-likeness (QED) is 0.793. The van der Waals surface area contributed by atoms with Gasteiger partial charge in [0, 0.05) is 12.5 Å². The molecule has 2 aliphatic carbocycles.